The number of hydrogen-bond acceptors (Lipinski definition) is 4. The highest BCUT2D eigenvalue weighted by Gasteiger charge is 2.12. The molecule has 90 valence electrons. The van der Waals surface area contributed by atoms with Crippen molar-refractivity contribution in [1.82, 2.24) is 5.32 Å². The molecule has 4 heteroatoms. The normalized spacial score (nSPS) is 21.8. The molecule has 0 saturated carbocycles. The van der Waals surface area contributed by atoms with E-state index in [-0.39, 0.29) is 0 Å². The maximum Gasteiger partial charge on any atom is 0.147 e. The Morgan fingerprint density at radius 1 is 1.33 bits per heavy atom. The molecule has 0 amide bonds. The third-order valence-electron chi connectivity index (χ3n) is 2.55. The minimum absolute atomic E-state index is 0.345. The third-order valence-corrected chi connectivity index (χ3v) is 2.55. The molecule has 1 atom stereocenters. The molecule has 0 aromatic rings. The molecular formula is C11H23NO3. The van der Waals surface area contributed by atoms with Gasteiger partial charge >= 0.3 is 0 Å². The summed E-state index contributed by atoms with van der Waals surface area (Å²) in [6.07, 6.45) is 4.96. The molecule has 1 saturated heterocycles. The summed E-state index contributed by atoms with van der Waals surface area (Å²) in [7, 11) is 1.75. The lowest BCUT2D eigenvalue weighted by Crippen LogP contribution is -2.34. The van der Waals surface area contributed by atoms with Crippen LogP contribution in [0.1, 0.15) is 25.7 Å². The van der Waals surface area contributed by atoms with Gasteiger partial charge in [0.15, 0.2) is 0 Å². The van der Waals surface area contributed by atoms with Crippen molar-refractivity contribution in [1.29, 1.82) is 0 Å². The zero-order valence-corrected chi connectivity index (χ0v) is 9.67. The first-order valence-corrected chi connectivity index (χ1v) is 5.82. The molecular weight excluding hydrogens is 194 g/mol. The van der Waals surface area contributed by atoms with Crippen LogP contribution in [0.25, 0.3) is 0 Å². The Balaban J connectivity index is 1.79. The van der Waals surface area contributed by atoms with Crippen LogP contribution in [0.15, 0.2) is 0 Å². The first-order chi connectivity index (χ1) is 7.43. The molecule has 1 aliphatic rings. The number of nitrogens with one attached hydrogen (secondary N) is 1. The Morgan fingerprint density at radius 3 is 3.00 bits per heavy atom. The molecule has 0 spiro atoms. The highest BCUT2D eigenvalue weighted by molar-refractivity contribution is 4.63. The van der Waals surface area contributed by atoms with E-state index >= 15 is 0 Å². The van der Waals surface area contributed by atoms with Gasteiger partial charge in [-0.2, -0.15) is 0 Å². The van der Waals surface area contributed by atoms with Gasteiger partial charge in [-0.15, -0.1) is 0 Å². The lowest BCUT2D eigenvalue weighted by molar-refractivity contribution is -0.137. The number of unbranched alkanes of at least 4 members (excludes halogenated alkanes) is 2. The van der Waals surface area contributed by atoms with Gasteiger partial charge in [0.2, 0.25) is 0 Å². The summed E-state index contributed by atoms with van der Waals surface area (Å²) in [5.74, 6) is 0. The summed E-state index contributed by atoms with van der Waals surface area (Å²) < 4.78 is 15.5. The van der Waals surface area contributed by atoms with E-state index in [1.807, 2.05) is 0 Å². The topological polar surface area (TPSA) is 39.7 Å². The average Bonchev–Trinajstić information content (AvgIpc) is 2.29. The quantitative estimate of drug-likeness (QED) is 0.619. The molecule has 0 aliphatic carbocycles. The van der Waals surface area contributed by atoms with E-state index in [2.05, 4.69) is 5.32 Å². The van der Waals surface area contributed by atoms with E-state index in [4.69, 9.17) is 14.2 Å². The number of methoxy groups -OCH3 is 1. The number of hydrogen-bond donors (Lipinski definition) is 1. The van der Waals surface area contributed by atoms with Gasteiger partial charge in [-0.25, -0.2) is 0 Å². The maximum atomic E-state index is 5.42. The summed E-state index contributed by atoms with van der Waals surface area (Å²) in [6.45, 7) is 4.20. The Morgan fingerprint density at radius 2 is 2.27 bits per heavy atom. The molecule has 1 rings (SSSR count). The van der Waals surface area contributed by atoms with Crippen molar-refractivity contribution in [3.8, 4) is 0 Å². The molecule has 4 nitrogen and oxygen atoms in total. The van der Waals surface area contributed by atoms with Crippen LogP contribution in [0.2, 0.25) is 0 Å². The van der Waals surface area contributed by atoms with E-state index < -0.39 is 0 Å². The smallest absolute Gasteiger partial charge is 0.147 e. The predicted molar refractivity (Wildman–Crippen MR) is 58.9 cm³/mol. The monoisotopic (exact) mass is 217 g/mol. The van der Waals surface area contributed by atoms with Crippen LogP contribution >= 0.6 is 0 Å². The summed E-state index contributed by atoms with van der Waals surface area (Å²) in [4.78, 5) is 0. The molecule has 1 N–H and O–H groups in total. The Hall–Kier alpha value is -0.160. The van der Waals surface area contributed by atoms with Gasteiger partial charge in [-0.05, 0) is 32.2 Å². The minimum Gasteiger partial charge on any atom is -0.385 e. The standard InChI is InChI=1S/C11H23NO3/c1-13-7-4-2-3-6-12-9-11-5-8-14-10-15-11/h11-12H,2-10H2,1H3. The van der Waals surface area contributed by atoms with Crippen LogP contribution in [0, 0.1) is 0 Å². The van der Waals surface area contributed by atoms with E-state index in [1.54, 1.807) is 7.11 Å². The molecule has 1 fully saturated rings. The number of ether oxygens (including phenoxy) is 3. The Kier molecular flexibility index (Phi) is 7.83. The van der Waals surface area contributed by atoms with Crippen molar-refractivity contribution >= 4 is 0 Å². The van der Waals surface area contributed by atoms with Gasteiger partial charge in [0.1, 0.15) is 6.79 Å². The highest BCUT2D eigenvalue weighted by Crippen LogP contribution is 2.04. The summed E-state index contributed by atoms with van der Waals surface area (Å²) in [6, 6.07) is 0. The fourth-order valence-corrected chi connectivity index (χ4v) is 1.60. The van der Waals surface area contributed by atoms with Crippen LogP contribution in [0.4, 0.5) is 0 Å². The van der Waals surface area contributed by atoms with E-state index in [1.165, 1.54) is 12.8 Å². The Bertz CT molecular complexity index is 138. The fraction of sp³-hybridized carbons (Fsp3) is 1.00. The van der Waals surface area contributed by atoms with Crippen molar-refractivity contribution in [2.24, 2.45) is 0 Å². The second-order valence-corrected chi connectivity index (χ2v) is 3.86. The number of rotatable bonds is 8. The maximum absolute atomic E-state index is 5.42. The van der Waals surface area contributed by atoms with Crippen LogP contribution < -0.4 is 5.32 Å². The average molecular weight is 217 g/mol. The van der Waals surface area contributed by atoms with Crippen molar-refractivity contribution < 1.29 is 14.2 Å². The second kappa shape index (κ2) is 9.09. The first-order valence-electron chi connectivity index (χ1n) is 5.82. The fourth-order valence-electron chi connectivity index (χ4n) is 1.60. The minimum atomic E-state index is 0.345. The SMILES string of the molecule is COCCCCCNCC1CCOCO1. The van der Waals surface area contributed by atoms with Crippen molar-refractivity contribution in [2.45, 2.75) is 31.8 Å². The molecule has 1 aliphatic heterocycles. The summed E-state index contributed by atoms with van der Waals surface area (Å²) >= 11 is 0. The van der Waals surface area contributed by atoms with Crippen LogP contribution in [0.3, 0.4) is 0 Å². The van der Waals surface area contributed by atoms with Crippen molar-refractivity contribution in [2.75, 3.05) is 40.2 Å². The van der Waals surface area contributed by atoms with Gasteiger partial charge in [0.25, 0.3) is 0 Å². The van der Waals surface area contributed by atoms with Gasteiger partial charge < -0.3 is 19.5 Å². The van der Waals surface area contributed by atoms with Gasteiger partial charge in [0, 0.05) is 20.3 Å². The second-order valence-electron chi connectivity index (χ2n) is 3.86. The van der Waals surface area contributed by atoms with Crippen molar-refractivity contribution in [3.63, 3.8) is 0 Å². The summed E-state index contributed by atoms with van der Waals surface area (Å²) in [5, 5.41) is 3.41. The summed E-state index contributed by atoms with van der Waals surface area (Å²) in [5.41, 5.74) is 0. The van der Waals surface area contributed by atoms with Crippen LogP contribution in [-0.2, 0) is 14.2 Å². The molecule has 0 aromatic carbocycles. The molecule has 1 heterocycles. The lowest BCUT2D eigenvalue weighted by Gasteiger charge is -2.22. The lowest BCUT2D eigenvalue weighted by atomic mass is 10.2. The van der Waals surface area contributed by atoms with Crippen molar-refractivity contribution in [3.05, 3.63) is 0 Å². The van der Waals surface area contributed by atoms with E-state index in [0.717, 1.165) is 39.1 Å². The van der Waals surface area contributed by atoms with Gasteiger partial charge in [0.05, 0.1) is 12.7 Å². The molecule has 0 radical (unpaired) electrons. The highest BCUT2D eigenvalue weighted by atomic mass is 16.7. The third kappa shape index (κ3) is 6.84. The molecule has 1 unspecified atom stereocenters. The zero-order chi connectivity index (χ0) is 10.8. The molecule has 0 aromatic heterocycles. The van der Waals surface area contributed by atoms with Gasteiger partial charge in [-0.3, -0.25) is 0 Å². The Labute approximate surface area is 92.3 Å². The molecule has 0 bridgehead atoms. The predicted octanol–water partition coefficient (Wildman–Crippen LogP) is 1.16. The van der Waals surface area contributed by atoms with Gasteiger partial charge in [-0.1, -0.05) is 0 Å². The van der Waals surface area contributed by atoms with E-state index in [9.17, 15) is 0 Å². The van der Waals surface area contributed by atoms with Crippen LogP contribution in [-0.4, -0.2) is 46.3 Å². The van der Waals surface area contributed by atoms with E-state index in [0.29, 0.717) is 12.9 Å². The molecule has 15 heavy (non-hydrogen) atoms. The zero-order valence-electron chi connectivity index (χ0n) is 9.67. The van der Waals surface area contributed by atoms with Crippen LogP contribution in [0.5, 0.6) is 0 Å². The largest absolute Gasteiger partial charge is 0.385 e. The first kappa shape index (κ1) is 12.9.